The van der Waals surface area contributed by atoms with E-state index in [1.165, 1.54) is 0 Å². The number of benzene rings is 2. The molecule has 0 spiro atoms. The van der Waals surface area contributed by atoms with Crippen LogP contribution in [0.15, 0.2) is 42.5 Å². The molecular weight excluding hydrogens is 393 g/mol. The van der Waals surface area contributed by atoms with Crippen molar-refractivity contribution in [3.8, 4) is 0 Å². The van der Waals surface area contributed by atoms with Gasteiger partial charge < -0.3 is 15.0 Å². The molecule has 1 amide bonds. The highest BCUT2D eigenvalue weighted by molar-refractivity contribution is 5.92. The third kappa shape index (κ3) is 5.42. The van der Waals surface area contributed by atoms with Crippen LogP contribution < -0.4 is 10.2 Å². The van der Waals surface area contributed by atoms with Crippen LogP contribution in [0.2, 0.25) is 0 Å². The Morgan fingerprint density at radius 1 is 1.17 bits per heavy atom. The van der Waals surface area contributed by atoms with Crippen molar-refractivity contribution in [3.63, 3.8) is 0 Å². The minimum absolute atomic E-state index is 0.132. The van der Waals surface area contributed by atoms with Gasteiger partial charge in [0.2, 0.25) is 5.91 Å². The molecule has 160 valence electrons. The summed E-state index contributed by atoms with van der Waals surface area (Å²) in [4.78, 5) is 14.5. The first-order chi connectivity index (χ1) is 14.2. The van der Waals surface area contributed by atoms with Crippen molar-refractivity contribution >= 4 is 17.7 Å². The van der Waals surface area contributed by atoms with E-state index in [-0.39, 0.29) is 23.8 Å². The summed E-state index contributed by atoms with van der Waals surface area (Å²) in [6.07, 6.45) is 2.37. The molecule has 1 aliphatic heterocycles. The van der Waals surface area contributed by atoms with Gasteiger partial charge in [-0.25, -0.2) is 13.2 Å². The van der Waals surface area contributed by atoms with Gasteiger partial charge in [-0.3, -0.25) is 4.79 Å². The number of morpholine rings is 1. The van der Waals surface area contributed by atoms with Crippen LogP contribution in [0.5, 0.6) is 0 Å². The molecule has 3 rings (SSSR count). The number of anilines is 1. The number of rotatable bonds is 5. The third-order valence-corrected chi connectivity index (χ3v) is 4.95. The predicted octanol–water partition coefficient (Wildman–Crippen LogP) is 4.61. The largest absolute Gasteiger partial charge is 0.372 e. The van der Waals surface area contributed by atoms with Gasteiger partial charge in [-0.15, -0.1) is 0 Å². The Morgan fingerprint density at radius 3 is 2.57 bits per heavy atom. The van der Waals surface area contributed by atoms with Crippen molar-refractivity contribution in [2.75, 3.05) is 18.0 Å². The fourth-order valence-electron chi connectivity index (χ4n) is 3.59. The number of hydrogen-bond donors (Lipinski definition) is 1. The SMILES string of the molecule is CC1CN(c2cccc(C(C)NC(=O)C=Cc3cc(F)cc(F)c3F)c2)CC(C)O1. The molecule has 4 nitrogen and oxygen atoms in total. The maximum atomic E-state index is 13.7. The summed E-state index contributed by atoms with van der Waals surface area (Å²) < 4.78 is 46.0. The normalized spacial score (nSPS) is 20.4. The molecule has 1 heterocycles. The molecule has 0 radical (unpaired) electrons. The second-order valence-electron chi connectivity index (χ2n) is 7.61. The van der Waals surface area contributed by atoms with Gasteiger partial charge in [0.25, 0.3) is 0 Å². The molecular formula is C23H25F3N2O2. The molecule has 1 fully saturated rings. The van der Waals surface area contributed by atoms with Gasteiger partial charge in [0.1, 0.15) is 5.82 Å². The Labute approximate surface area is 174 Å². The summed E-state index contributed by atoms with van der Waals surface area (Å²) in [6, 6.07) is 8.85. The van der Waals surface area contributed by atoms with Crippen molar-refractivity contribution in [3.05, 3.63) is 71.1 Å². The lowest BCUT2D eigenvalue weighted by atomic mass is 10.1. The van der Waals surface area contributed by atoms with Gasteiger partial charge in [0.15, 0.2) is 11.6 Å². The lowest BCUT2D eigenvalue weighted by molar-refractivity contribution is -0.117. The van der Waals surface area contributed by atoms with E-state index in [0.29, 0.717) is 6.07 Å². The van der Waals surface area contributed by atoms with Gasteiger partial charge in [0, 0.05) is 36.5 Å². The topological polar surface area (TPSA) is 41.6 Å². The molecule has 2 aromatic carbocycles. The smallest absolute Gasteiger partial charge is 0.244 e. The van der Waals surface area contributed by atoms with Crippen molar-refractivity contribution in [1.29, 1.82) is 0 Å². The zero-order valence-electron chi connectivity index (χ0n) is 17.2. The summed E-state index contributed by atoms with van der Waals surface area (Å²) in [6.45, 7) is 7.47. The monoisotopic (exact) mass is 418 g/mol. The second kappa shape index (κ2) is 9.34. The molecule has 7 heteroatoms. The van der Waals surface area contributed by atoms with Crippen LogP contribution in [0.3, 0.4) is 0 Å². The first-order valence-corrected chi connectivity index (χ1v) is 9.86. The van der Waals surface area contributed by atoms with Gasteiger partial charge in [0.05, 0.1) is 18.2 Å². The van der Waals surface area contributed by atoms with Gasteiger partial charge in [-0.05, 0) is 50.6 Å². The average molecular weight is 418 g/mol. The molecule has 2 aromatic rings. The zero-order chi connectivity index (χ0) is 21.8. The van der Waals surface area contributed by atoms with E-state index in [0.717, 1.165) is 42.6 Å². The number of carbonyl (C=O) groups excluding carboxylic acids is 1. The number of hydrogen-bond acceptors (Lipinski definition) is 3. The average Bonchev–Trinajstić information content (AvgIpc) is 2.69. The Kier molecular flexibility index (Phi) is 6.82. The van der Waals surface area contributed by atoms with Crippen LogP contribution in [0.4, 0.5) is 18.9 Å². The Morgan fingerprint density at radius 2 is 1.87 bits per heavy atom. The summed E-state index contributed by atoms with van der Waals surface area (Å²) in [5, 5.41) is 2.78. The van der Waals surface area contributed by atoms with E-state index in [1.807, 2.05) is 45.0 Å². The van der Waals surface area contributed by atoms with Crippen molar-refractivity contribution in [1.82, 2.24) is 5.32 Å². The van der Waals surface area contributed by atoms with Crippen molar-refractivity contribution in [2.24, 2.45) is 0 Å². The first-order valence-electron chi connectivity index (χ1n) is 9.86. The highest BCUT2D eigenvalue weighted by atomic mass is 19.2. The fourth-order valence-corrected chi connectivity index (χ4v) is 3.59. The van der Waals surface area contributed by atoms with E-state index in [9.17, 15) is 18.0 Å². The summed E-state index contributed by atoms with van der Waals surface area (Å²) in [5.74, 6) is -3.90. The van der Waals surface area contributed by atoms with Crippen LogP contribution in [0.25, 0.3) is 6.08 Å². The number of nitrogens with one attached hydrogen (secondary N) is 1. The molecule has 3 unspecified atom stereocenters. The molecule has 30 heavy (non-hydrogen) atoms. The summed E-state index contributed by atoms with van der Waals surface area (Å²) >= 11 is 0. The number of nitrogens with zero attached hydrogens (tertiary/aromatic N) is 1. The lowest BCUT2D eigenvalue weighted by Crippen LogP contribution is -2.45. The number of carbonyl (C=O) groups is 1. The van der Waals surface area contributed by atoms with E-state index in [4.69, 9.17) is 4.74 Å². The fraction of sp³-hybridized carbons (Fsp3) is 0.348. The Balaban J connectivity index is 1.67. The molecule has 0 aliphatic carbocycles. The first kappa shape index (κ1) is 21.9. The van der Waals surface area contributed by atoms with Crippen LogP contribution in [0, 0.1) is 17.5 Å². The summed E-state index contributed by atoms with van der Waals surface area (Å²) in [5.41, 5.74) is 1.63. The lowest BCUT2D eigenvalue weighted by Gasteiger charge is -2.37. The maximum Gasteiger partial charge on any atom is 0.244 e. The number of ether oxygens (including phenoxy) is 1. The highest BCUT2D eigenvalue weighted by Crippen LogP contribution is 2.24. The molecule has 0 aromatic heterocycles. The summed E-state index contributed by atoms with van der Waals surface area (Å²) in [7, 11) is 0. The molecule has 1 N–H and O–H groups in total. The minimum Gasteiger partial charge on any atom is -0.372 e. The molecule has 0 saturated carbocycles. The van der Waals surface area contributed by atoms with E-state index in [2.05, 4.69) is 10.2 Å². The number of amides is 1. The van der Waals surface area contributed by atoms with Gasteiger partial charge >= 0.3 is 0 Å². The quantitative estimate of drug-likeness (QED) is 0.570. The predicted molar refractivity (Wildman–Crippen MR) is 111 cm³/mol. The van der Waals surface area contributed by atoms with Crippen molar-refractivity contribution < 1.29 is 22.7 Å². The minimum atomic E-state index is -1.30. The zero-order valence-corrected chi connectivity index (χ0v) is 17.2. The van der Waals surface area contributed by atoms with Gasteiger partial charge in [-0.2, -0.15) is 0 Å². The molecule has 3 atom stereocenters. The van der Waals surface area contributed by atoms with Crippen LogP contribution in [0.1, 0.15) is 37.9 Å². The maximum absolute atomic E-state index is 13.7. The third-order valence-electron chi connectivity index (χ3n) is 4.95. The van der Waals surface area contributed by atoms with Crippen LogP contribution in [-0.4, -0.2) is 31.2 Å². The van der Waals surface area contributed by atoms with E-state index >= 15 is 0 Å². The molecule has 0 bridgehead atoms. The van der Waals surface area contributed by atoms with Gasteiger partial charge in [-0.1, -0.05) is 12.1 Å². The van der Waals surface area contributed by atoms with Crippen LogP contribution in [-0.2, 0) is 9.53 Å². The number of halogens is 3. The Bertz CT molecular complexity index is 938. The Hall–Kier alpha value is -2.80. The van der Waals surface area contributed by atoms with Crippen molar-refractivity contribution in [2.45, 2.75) is 39.0 Å². The van der Waals surface area contributed by atoms with E-state index < -0.39 is 23.4 Å². The van der Waals surface area contributed by atoms with Crippen LogP contribution >= 0.6 is 0 Å². The highest BCUT2D eigenvalue weighted by Gasteiger charge is 2.22. The standard InChI is InChI=1S/C23H25F3N2O2/c1-14-12-28(13-15(2)30-14)20-6-4-5-17(10-20)16(3)27-22(29)8-7-18-9-19(24)11-21(25)23(18)26/h4-11,14-16H,12-13H2,1-3H3,(H,27,29). The molecule has 1 aliphatic rings. The van der Waals surface area contributed by atoms with E-state index in [1.54, 1.807) is 0 Å². The molecule has 1 saturated heterocycles. The second-order valence-corrected chi connectivity index (χ2v) is 7.61.